The van der Waals surface area contributed by atoms with Gasteiger partial charge in [0.15, 0.2) is 0 Å². The first-order chi connectivity index (χ1) is 6.07. The monoisotopic (exact) mass is 182 g/mol. The van der Waals surface area contributed by atoms with Crippen LogP contribution in [0.4, 0.5) is 0 Å². The van der Waals surface area contributed by atoms with Crippen LogP contribution < -0.4 is 0 Å². The quantitative estimate of drug-likeness (QED) is 0.517. The second kappa shape index (κ2) is 4.02. The van der Waals surface area contributed by atoms with Crippen LogP contribution in [0.25, 0.3) is 0 Å². The molecule has 0 nitrogen and oxygen atoms in total. The maximum absolute atomic E-state index is 2.45. The minimum atomic E-state index is 0.665. The van der Waals surface area contributed by atoms with Crippen LogP contribution in [-0.4, -0.2) is 0 Å². The molecule has 0 heterocycles. The van der Waals surface area contributed by atoms with Crippen molar-refractivity contribution in [3.8, 4) is 0 Å². The third-order valence-corrected chi connectivity index (χ3v) is 3.80. The summed E-state index contributed by atoms with van der Waals surface area (Å²) in [4.78, 5) is 0. The summed E-state index contributed by atoms with van der Waals surface area (Å²) in [5, 5.41) is 0. The van der Waals surface area contributed by atoms with E-state index >= 15 is 0 Å². The normalized spacial score (nSPS) is 40.8. The maximum atomic E-state index is 2.45. The summed E-state index contributed by atoms with van der Waals surface area (Å²) in [6.45, 7) is 11.3. The molecule has 2 rings (SSSR count). The van der Waals surface area contributed by atoms with E-state index in [0.717, 1.165) is 17.8 Å². The van der Waals surface area contributed by atoms with Crippen molar-refractivity contribution in [2.24, 2.45) is 23.2 Å². The topological polar surface area (TPSA) is 0 Å². The highest BCUT2D eigenvalue weighted by molar-refractivity contribution is 4.92. The van der Waals surface area contributed by atoms with Gasteiger partial charge in [-0.1, -0.05) is 34.6 Å². The highest BCUT2D eigenvalue weighted by Crippen LogP contribution is 2.52. The molecule has 2 bridgehead atoms. The summed E-state index contributed by atoms with van der Waals surface area (Å²) < 4.78 is 0. The lowest BCUT2D eigenvalue weighted by atomic mass is 9.71. The molecule has 0 N–H and O–H groups in total. The molecule has 13 heavy (non-hydrogen) atoms. The summed E-state index contributed by atoms with van der Waals surface area (Å²) in [6, 6.07) is 0. The molecular formula is C13H26. The first kappa shape index (κ1) is 11.1. The fraction of sp³-hybridized carbons (Fsp3) is 1.00. The molecule has 2 aliphatic rings. The Morgan fingerprint density at radius 1 is 1.00 bits per heavy atom. The Hall–Kier alpha value is 0. The third kappa shape index (κ3) is 2.48. The van der Waals surface area contributed by atoms with Crippen LogP contribution in [0.1, 0.15) is 60.3 Å². The molecule has 0 aromatic rings. The summed E-state index contributed by atoms with van der Waals surface area (Å²) >= 11 is 0. The van der Waals surface area contributed by atoms with Crippen molar-refractivity contribution in [2.45, 2.75) is 60.3 Å². The fourth-order valence-corrected chi connectivity index (χ4v) is 3.50. The van der Waals surface area contributed by atoms with Gasteiger partial charge in [-0.2, -0.15) is 0 Å². The van der Waals surface area contributed by atoms with Crippen molar-refractivity contribution in [1.29, 1.82) is 0 Å². The van der Waals surface area contributed by atoms with Gasteiger partial charge in [0.25, 0.3) is 0 Å². The Bertz CT molecular complexity index is 155. The maximum Gasteiger partial charge on any atom is -0.0349 e. The smallest absolute Gasteiger partial charge is 0.0349 e. The van der Waals surface area contributed by atoms with E-state index < -0.39 is 0 Å². The van der Waals surface area contributed by atoms with Gasteiger partial charge in [-0.15, -0.1) is 0 Å². The lowest BCUT2D eigenvalue weighted by Crippen LogP contribution is -2.23. The summed E-state index contributed by atoms with van der Waals surface area (Å²) in [5.41, 5.74) is 0.665. The lowest BCUT2D eigenvalue weighted by Gasteiger charge is -2.34. The van der Waals surface area contributed by atoms with Crippen LogP contribution in [0.15, 0.2) is 0 Å². The zero-order chi connectivity index (χ0) is 10.1. The van der Waals surface area contributed by atoms with Gasteiger partial charge < -0.3 is 0 Å². The van der Waals surface area contributed by atoms with E-state index in [0.29, 0.717) is 5.41 Å². The number of hydrogen-bond acceptors (Lipinski definition) is 0. The van der Waals surface area contributed by atoms with Gasteiger partial charge in [-0.05, 0) is 48.9 Å². The molecular weight excluding hydrogens is 156 g/mol. The molecule has 3 atom stereocenters. The summed E-state index contributed by atoms with van der Waals surface area (Å²) in [6.07, 6.45) is 6.05. The summed E-state index contributed by atoms with van der Waals surface area (Å²) in [5.74, 6) is 3.18. The van der Waals surface area contributed by atoms with Crippen LogP contribution in [0, 0.1) is 23.2 Å². The Kier molecular flexibility index (Phi) is 3.43. The molecule has 3 unspecified atom stereocenters. The molecule has 2 aliphatic carbocycles. The first-order valence-corrected chi connectivity index (χ1v) is 6.07. The predicted molar refractivity (Wildman–Crippen MR) is 59.7 cm³/mol. The largest absolute Gasteiger partial charge is 0.0683 e. The Morgan fingerprint density at radius 3 is 2.15 bits per heavy atom. The molecule has 0 spiro atoms. The molecule has 78 valence electrons. The second-order valence-electron chi connectivity index (χ2n) is 5.65. The third-order valence-electron chi connectivity index (χ3n) is 3.80. The van der Waals surface area contributed by atoms with E-state index in [1.165, 1.54) is 19.3 Å². The Labute approximate surface area is 84.1 Å². The average molecular weight is 182 g/mol. The van der Waals surface area contributed by atoms with Crippen LogP contribution in [0.2, 0.25) is 0 Å². The lowest BCUT2D eigenvalue weighted by molar-refractivity contribution is 0.165. The van der Waals surface area contributed by atoms with Crippen molar-refractivity contribution in [1.82, 2.24) is 0 Å². The van der Waals surface area contributed by atoms with Gasteiger partial charge in [0.2, 0.25) is 0 Å². The minimum Gasteiger partial charge on any atom is -0.0683 e. The predicted octanol–water partition coefficient (Wildman–Crippen LogP) is 4.49. The van der Waals surface area contributed by atoms with Gasteiger partial charge in [0.1, 0.15) is 0 Å². The van der Waals surface area contributed by atoms with Crippen LogP contribution in [-0.2, 0) is 0 Å². The van der Waals surface area contributed by atoms with Crippen LogP contribution in [0.5, 0.6) is 0 Å². The van der Waals surface area contributed by atoms with E-state index in [1.54, 1.807) is 6.42 Å². The molecule has 2 fully saturated rings. The molecule has 0 amide bonds. The van der Waals surface area contributed by atoms with Crippen molar-refractivity contribution in [2.75, 3.05) is 0 Å². The standard InChI is InChI=1S/C11H20.C2H6/c1-8-4-9-5-10(8)7-11(2,3)6-9;1-2/h8-10H,4-7H2,1-3H3;1-2H3. The number of rotatable bonds is 0. The van der Waals surface area contributed by atoms with E-state index in [2.05, 4.69) is 20.8 Å². The van der Waals surface area contributed by atoms with Crippen molar-refractivity contribution in [3.63, 3.8) is 0 Å². The molecule has 0 saturated heterocycles. The fourth-order valence-electron chi connectivity index (χ4n) is 3.50. The van der Waals surface area contributed by atoms with Crippen molar-refractivity contribution < 1.29 is 0 Å². The van der Waals surface area contributed by atoms with Crippen molar-refractivity contribution >= 4 is 0 Å². The van der Waals surface area contributed by atoms with E-state index in [4.69, 9.17) is 0 Å². The van der Waals surface area contributed by atoms with Crippen LogP contribution in [0.3, 0.4) is 0 Å². The van der Waals surface area contributed by atoms with E-state index in [-0.39, 0.29) is 0 Å². The SMILES string of the molecule is CC.CC1CC2CC1CC(C)(C)C2. The molecule has 2 saturated carbocycles. The van der Waals surface area contributed by atoms with Gasteiger partial charge in [-0.3, -0.25) is 0 Å². The van der Waals surface area contributed by atoms with E-state index in [9.17, 15) is 0 Å². The van der Waals surface area contributed by atoms with Gasteiger partial charge >= 0.3 is 0 Å². The molecule has 0 radical (unpaired) electrons. The second-order valence-corrected chi connectivity index (χ2v) is 5.65. The molecule has 0 aromatic carbocycles. The molecule has 0 aromatic heterocycles. The minimum absolute atomic E-state index is 0.665. The van der Waals surface area contributed by atoms with Crippen molar-refractivity contribution in [3.05, 3.63) is 0 Å². The molecule has 0 aliphatic heterocycles. The number of hydrogen-bond donors (Lipinski definition) is 0. The highest BCUT2D eigenvalue weighted by Gasteiger charge is 2.41. The Balaban J connectivity index is 0.000000396. The number of fused-ring (bicyclic) bond motifs is 2. The summed E-state index contributed by atoms with van der Waals surface area (Å²) in [7, 11) is 0. The molecule has 0 heteroatoms. The first-order valence-electron chi connectivity index (χ1n) is 6.07. The van der Waals surface area contributed by atoms with Gasteiger partial charge in [0.05, 0.1) is 0 Å². The van der Waals surface area contributed by atoms with Gasteiger partial charge in [0, 0.05) is 0 Å². The zero-order valence-corrected chi connectivity index (χ0v) is 10.1. The van der Waals surface area contributed by atoms with Crippen LogP contribution >= 0.6 is 0 Å². The Morgan fingerprint density at radius 2 is 1.62 bits per heavy atom. The van der Waals surface area contributed by atoms with Gasteiger partial charge in [-0.25, -0.2) is 0 Å². The zero-order valence-electron chi connectivity index (χ0n) is 10.1. The van der Waals surface area contributed by atoms with E-state index in [1.807, 2.05) is 13.8 Å². The average Bonchev–Trinajstić information content (AvgIpc) is 2.29. The highest BCUT2D eigenvalue weighted by atomic mass is 14.5.